The fourth-order valence-electron chi connectivity index (χ4n) is 3.62. The summed E-state index contributed by atoms with van der Waals surface area (Å²) in [5.74, 6) is -0.398. The molecule has 0 radical (unpaired) electrons. The van der Waals surface area contributed by atoms with Crippen molar-refractivity contribution in [3.63, 3.8) is 0 Å². The quantitative estimate of drug-likeness (QED) is 0.720. The summed E-state index contributed by atoms with van der Waals surface area (Å²) < 4.78 is 10.5. The Morgan fingerprint density at radius 2 is 1.83 bits per heavy atom. The molecule has 1 fully saturated rings. The Kier molecular flexibility index (Phi) is 6.18. The molecule has 29 heavy (non-hydrogen) atoms. The van der Waals surface area contributed by atoms with E-state index >= 15 is 0 Å². The molecular weight excluding hydrogens is 368 g/mol. The van der Waals surface area contributed by atoms with Gasteiger partial charge in [-0.05, 0) is 50.1 Å². The summed E-state index contributed by atoms with van der Waals surface area (Å²) in [4.78, 5) is 27.5. The first-order valence-electron chi connectivity index (χ1n) is 9.57. The van der Waals surface area contributed by atoms with E-state index in [9.17, 15) is 9.59 Å². The molecule has 0 unspecified atom stereocenters. The molecule has 0 aliphatic carbocycles. The molecule has 6 nitrogen and oxygen atoms in total. The fraction of sp³-hybridized carbons (Fsp3) is 0.348. The molecule has 3 rings (SSSR count). The molecule has 0 saturated carbocycles. The molecule has 1 aliphatic rings. The van der Waals surface area contributed by atoms with Crippen LogP contribution < -0.4 is 9.64 Å². The van der Waals surface area contributed by atoms with Gasteiger partial charge in [-0.2, -0.15) is 5.26 Å². The molecule has 6 heteroatoms. The lowest BCUT2D eigenvalue weighted by Crippen LogP contribution is -2.46. The van der Waals surface area contributed by atoms with Crippen molar-refractivity contribution in [2.75, 3.05) is 12.0 Å². The Morgan fingerprint density at radius 3 is 2.41 bits per heavy atom. The zero-order valence-electron chi connectivity index (χ0n) is 16.8. The number of benzene rings is 2. The van der Waals surface area contributed by atoms with Crippen molar-refractivity contribution >= 4 is 17.6 Å². The Morgan fingerprint density at radius 1 is 1.17 bits per heavy atom. The number of aryl methyl sites for hydroxylation is 1. The zero-order valence-corrected chi connectivity index (χ0v) is 16.8. The number of methoxy groups -OCH3 is 1. The predicted octanol–water partition coefficient (Wildman–Crippen LogP) is 3.94. The highest BCUT2D eigenvalue weighted by Gasteiger charge is 2.42. The zero-order chi connectivity index (χ0) is 21.0. The number of nitriles is 1. The second-order valence-corrected chi connectivity index (χ2v) is 7.17. The third-order valence-corrected chi connectivity index (χ3v) is 5.14. The molecule has 1 saturated heterocycles. The van der Waals surface area contributed by atoms with Gasteiger partial charge in [0.25, 0.3) is 0 Å². The number of anilines is 1. The monoisotopic (exact) mass is 392 g/mol. The predicted molar refractivity (Wildman–Crippen MR) is 108 cm³/mol. The van der Waals surface area contributed by atoms with Crippen molar-refractivity contribution in [3.8, 4) is 11.8 Å². The summed E-state index contributed by atoms with van der Waals surface area (Å²) in [7, 11) is 1.58. The Labute approximate surface area is 170 Å². The molecule has 150 valence electrons. The summed E-state index contributed by atoms with van der Waals surface area (Å²) in [5.41, 5.74) is 2.62. The van der Waals surface area contributed by atoms with Crippen molar-refractivity contribution in [1.82, 2.24) is 0 Å². The van der Waals surface area contributed by atoms with E-state index in [2.05, 4.69) is 0 Å². The van der Waals surface area contributed by atoms with Crippen LogP contribution in [0.3, 0.4) is 0 Å². The smallest absolute Gasteiger partial charge is 0.312 e. The number of amides is 1. The normalized spacial score (nSPS) is 19.9. The molecule has 0 aromatic heterocycles. The highest BCUT2D eigenvalue weighted by molar-refractivity contribution is 5.97. The summed E-state index contributed by atoms with van der Waals surface area (Å²) in [5, 5.41) is 9.02. The molecule has 1 aliphatic heterocycles. The van der Waals surface area contributed by atoms with Gasteiger partial charge in [-0.3, -0.25) is 9.59 Å². The third kappa shape index (κ3) is 4.40. The number of piperidine rings is 1. The lowest BCUT2D eigenvalue weighted by atomic mass is 9.83. The highest BCUT2D eigenvalue weighted by Crippen LogP contribution is 2.41. The number of ether oxygens (including phenoxy) is 2. The van der Waals surface area contributed by atoms with Crippen molar-refractivity contribution in [1.29, 1.82) is 5.26 Å². The maximum absolute atomic E-state index is 12.9. The van der Waals surface area contributed by atoms with E-state index in [0.29, 0.717) is 12.2 Å². The Hall–Kier alpha value is -3.33. The lowest BCUT2D eigenvalue weighted by molar-refractivity contribution is -0.153. The molecule has 3 atom stereocenters. The molecule has 2 aromatic carbocycles. The standard InChI is InChI=1S/C23H24N2O4/c1-15-4-8-18(9-5-15)25-21(26)13-12-20(23(27)29-16(2)14-24)22(25)17-6-10-19(28-3)11-7-17/h4-11,16,20,22H,12-13H2,1-3H3/t16-,20-,22-/m0/s1. The van der Waals surface area contributed by atoms with Crippen LogP contribution in [0.4, 0.5) is 5.69 Å². The Balaban J connectivity index is 2.05. The summed E-state index contributed by atoms with van der Waals surface area (Å²) >= 11 is 0. The number of nitrogens with zero attached hydrogens (tertiary/aromatic N) is 2. The number of rotatable bonds is 5. The number of carbonyl (C=O) groups is 2. The van der Waals surface area contributed by atoms with E-state index in [4.69, 9.17) is 14.7 Å². The van der Waals surface area contributed by atoms with Gasteiger partial charge < -0.3 is 14.4 Å². The summed E-state index contributed by atoms with van der Waals surface area (Å²) in [6.45, 7) is 3.51. The third-order valence-electron chi connectivity index (χ3n) is 5.14. The Bertz CT molecular complexity index is 915. The molecule has 0 bridgehead atoms. The number of esters is 1. The second-order valence-electron chi connectivity index (χ2n) is 7.17. The molecule has 2 aromatic rings. The minimum absolute atomic E-state index is 0.0490. The minimum atomic E-state index is -0.843. The summed E-state index contributed by atoms with van der Waals surface area (Å²) in [6.07, 6.45) is -0.236. The topological polar surface area (TPSA) is 79.6 Å². The largest absolute Gasteiger partial charge is 0.497 e. The van der Waals surface area contributed by atoms with Gasteiger partial charge in [-0.1, -0.05) is 29.8 Å². The van der Waals surface area contributed by atoms with Crippen LogP contribution in [0.5, 0.6) is 5.75 Å². The maximum atomic E-state index is 12.9. The van der Waals surface area contributed by atoms with Gasteiger partial charge in [-0.15, -0.1) is 0 Å². The van der Waals surface area contributed by atoms with E-state index in [1.807, 2.05) is 61.5 Å². The van der Waals surface area contributed by atoms with Gasteiger partial charge in [-0.25, -0.2) is 0 Å². The van der Waals surface area contributed by atoms with Gasteiger partial charge in [0.2, 0.25) is 5.91 Å². The molecule has 1 heterocycles. The molecule has 0 spiro atoms. The van der Waals surface area contributed by atoms with Gasteiger partial charge >= 0.3 is 5.97 Å². The molecular formula is C23H24N2O4. The first-order chi connectivity index (χ1) is 13.9. The number of carbonyl (C=O) groups excluding carboxylic acids is 2. The van der Waals surface area contributed by atoms with Crippen LogP contribution in [0.2, 0.25) is 0 Å². The van der Waals surface area contributed by atoms with Gasteiger partial charge in [0.15, 0.2) is 6.10 Å². The van der Waals surface area contributed by atoms with Crippen molar-refractivity contribution in [3.05, 3.63) is 59.7 Å². The van der Waals surface area contributed by atoms with E-state index in [1.54, 1.807) is 12.0 Å². The van der Waals surface area contributed by atoms with Crippen molar-refractivity contribution < 1.29 is 19.1 Å². The van der Waals surface area contributed by atoms with Crippen LogP contribution in [0.1, 0.15) is 36.9 Å². The number of hydrogen-bond donors (Lipinski definition) is 0. The average molecular weight is 392 g/mol. The second kappa shape index (κ2) is 8.78. The van der Waals surface area contributed by atoms with Gasteiger partial charge in [0.05, 0.1) is 19.1 Å². The van der Waals surface area contributed by atoms with E-state index in [-0.39, 0.29) is 12.3 Å². The molecule has 1 amide bonds. The van der Waals surface area contributed by atoms with E-state index in [1.165, 1.54) is 6.92 Å². The van der Waals surface area contributed by atoms with Gasteiger partial charge in [0, 0.05) is 12.1 Å². The van der Waals surface area contributed by atoms with Crippen molar-refractivity contribution in [2.45, 2.75) is 38.8 Å². The fourth-order valence-corrected chi connectivity index (χ4v) is 3.62. The minimum Gasteiger partial charge on any atom is -0.497 e. The van der Waals surface area contributed by atoms with Gasteiger partial charge in [0.1, 0.15) is 11.8 Å². The highest BCUT2D eigenvalue weighted by atomic mass is 16.5. The van der Waals surface area contributed by atoms with Crippen LogP contribution in [-0.2, 0) is 14.3 Å². The average Bonchev–Trinajstić information content (AvgIpc) is 2.74. The van der Waals surface area contributed by atoms with Crippen LogP contribution in [0, 0.1) is 24.2 Å². The van der Waals surface area contributed by atoms with E-state index < -0.39 is 24.0 Å². The van der Waals surface area contributed by atoms with Crippen LogP contribution in [0.25, 0.3) is 0 Å². The molecule has 0 N–H and O–H groups in total. The van der Waals surface area contributed by atoms with Crippen molar-refractivity contribution in [2.24, 2.45) is 5.92 Å². The van der Waals surface area contributed by atoms with Crippen LogP contribution >= 0.6 is 0 Å². The first-order valence-corrected chi connectivity index (χ1v) is 9.57. The van der Waals surface area contributed by atoms with Crippen LogP contribution in [-0.4, -0.2) is 25.1 Å². The van der Waals surface area contributed by atoms with E-state index in [0.717, 1.165) is 16.8 Å². The lowest BCUT2D eigenvalue weighted by Gasteiger charge is -2.40. The maximum Gasteiger partial charge on any atom is 0.312 e. The number of hydrogen-bond acceptors (Lipinski definition) is 5. The summed E-state index contributed by atoms with van der Waals surface area (Å²) in [6, 6.07) is 16.4. The first kappa shape index (κ1) is 20.4. The SMILES string of the molecule is COc1ccc([C@H]2[C@@H](C(=O)O[C@@H](C)C#N)CCC(=O)N2c2ccc(C)cc2)cc1. The van der Waals surface area contributed by atoms with Crippen LogP contribution in [0.15, 0.2) is 48.5 Å².